The van der Waals surface area contributed by atoms with Crippen LogP contribution >= 0.6 is 0 Å². The summed E-state index contributed by atoms with van der Waals surface area (Å²) in [6, 6.07) is 4.95. The number of H-pyrrole nitrogens is 1. The average molecular weight is 404 g/mol. The molecule has 29 heavy (non-hydrogen) atoms. The van der Waals surface area contributed by atoms with E-state index in [0.717, 1.165) is 38.6 Å². The number of amides is 1. The Balaban J connectivity index is 1.51. The van der Waals surface area contributed by atoms with Gasteiger partial charge in [-0.3, -0.25) is 10.1 Å². The normalized spacial score (nSPS) is 17.3. The minimum Gasteiger partial charge on any atom is -0.465 e. The Morgan fingerprint density at radius 3 is 2.90 bits per heavy atom. The molecule has 1 fully saturated rings. The van der Waals surface area contributed by atoms with E-state index < -0.39 is 10.5 Å². The van der Waals surface area contributed by atoms with Gasteiger partial charge in [-0.05, 0) is 58.9 Å². The summed E-state index contributed by atoms with van der Waals surface area (Å²) in [5.74, 6) is 0. The number of non-ortho nitro benzene ring substituents is 1. The number of nitrogens with zero attached hydrogens (tertiary/aromatic N) is 3. The van der Waals surface area contributed by atoms with E-state index in [1.54, 1.807) is 6.07 Å². The van der Waals surface area contributed by atoms with Gasteiger partial charge in [0.25, 0.3) is 11.7 Å². The Bertz CT molecular complexity index is 873. The second-order valence-corrected chi connectivity index (χ2v) is 8.31. The molecule has 0 saturated carbocycles. The molecule has 1 N–H and O–H groups in total. The SMILES string of the molecule is CC(C)(C)OC(=O)N1CCCCC1CCCOc1nc2ccc([N+](=O)[O-])cc2[nH]1. The second-order valence-electron chi connectivity index (χ2n) is 8.31. The lowest BCUT2D eigenvalue weighted by Gasteiger charge is -2.36. The standard InChI is InChI=1S/C20H28N4O5/c1-20(2,3)29-19(25)23-11-5-4-7-14(23)8-6-12-28-18-21-16-10-9-15(24(26)27)13-17(16)22-18/h9-10,13-14H,4-8,11-12H2,1-3H3,(H,21,22). The van der Waals surface area contributed by atoms with Crippen LogP contribution in [0.15, 0.2) is 18.2 Å². The molecule has 1 aliphatic rings. The third kappa shape index (κ3) is 5.58. The zero-order valence-electron chi connectivity index (χ0n) is 17.1. The van der Waals surface area contributed by atoms with Gasteiger partial charge in [-0.25, -0.2) is 4.79 Å². The summed E-state index contributed by atoms with van der Waals surface area (Å²) in [5.41, 5.74) is 0.692. The molecule has 9 heteroatoms. The second kappa shape index (κ2) is 8.67. The number of benzene rings is 1. The number of carbonyl (C=O) groups excluding carboxylic acids is 1. The van der Waals surface area contributed by atoms with Gasteiger partial charge in [0.2, 0.25) is 0 Å². The van der Waals surface area contributed by atoms with Crippen molar-refractivity contribution in [2.45, 2.75) is 64.5 Å². The molecule has 2 aromatic rings. The average Bonchev–Trinajstić information content (AvgIpc) is 3.06. The molecular weight excluding hydrogens is 376 g/mol. The minimum absolute atomic E-state index is 0.00670. The first-order chi connectivity index (χ1) is 13.7. The summed E-state index contributed by atoms with van der Waals surface area (Å²) in [6.07, 6.45) is 4.41. The molecule has 1 atom stereocenters. The summed E-state index contributed by atoms with van der Waals surface area (Å²) < 4.78 is 11.2. The highest BCUT2D eigenvalue weighted by molar-refractivity contribution is 5.78. The molecule has 1 unspecified atom stereocenters. The number of fused-ring (bicyclic) bond motifs is 1. The first-order valence-corrected chi connectivity index (χ1v) is 9.99. The molecule has 0 aliphatic carbocycles. The number of rotatable bonds is 6. The fourth-order valence-electron chi connectivity index (χ4n) is 3.51. The van der Waals surface area contributed by atoms with Crippen molar-refractivity contribution in [2.24, 2.45) is 0 Å². The molecule has 9 nitrogen and oxygen atoms in total. The number of nitro groups is 1. The van der Waals surface area contributed by atoms with Gasteiger partial charge in [-0.2, -0.15) is 4.98 Å². The highest BCUT2D eigenvalue weighted by Gasteiger charge is 2.30. The van der Waals surface area contributed by atoms with Crippen molar-refractivity contribution in [3.8, 4) is 6.01 Å². The molecule has 0 spiro atoms. The molecule has 1 aliphatic heterocycles. The number of nitro benzene ring substituents is 1. The van der Waals surface area contributed by atoms with E-state index in [1.165, 1.54) is 12.1 Å². The van der Waals surface area contributed by atoms with Crippen LogP contribution in [0.2, 0.25) is 0 Å². The number of hydrogen-bond acceptors (Lipinski definition) is 6. The Labute approximate surface area is 169 Å². The zero-order valence-corrected chi connectivity index (χ0v) is 17.1. The zero-order chi connectivity index (χ0) is 21.0. The topological polar surface area (TPSA) is 111 Å². The molecular formula is C20H28N4O5. The molecule has 1 saturated heterocycles. The highest BCUT2D eigenvalue weighted by Crippen LogP contribution is 2.24. The summed E-state index contributed by atoms with van der Waals surface area (Å²) >= 11 is 0. The summed E-state index contributed by atoms with van der Waals surface area (Å²) in [4.78, 5) is 32.0. The number of hydrogen-bond donors (Lipinski definition) is 1. The van der Waals surface area contributed by atoms with Crippen LogP contribution in [0.25, 0.3) is 11.0 Å². The predicted octanol–water partition coefficient (Wildman–Crippen LogP) is 4.42. The maximum Gasteiger partial charge on any atom is 0.410 e. The maximum absolute atomic E-state index is 12.5. The predicted molar refractivity (Wildman–Crippen MR) is 108 cm³/mol. The van der Waals surface area contributed by atoms with Crippen LogP contribution in [0.1, 0.15) is 52.9 Å². The number of ether oxygens (including phenoxy) is 2. The third-order valence-electron chi connectivity index (χ3n) is 4.83. The van der Waals surface area contributed by atoms with Gasteiger partial charge in [-0.15, -0.1) is 0 Å². The quantitative estimate of drug-likeness (QED) is 0.433. The largest absolute Gasteiger partial charge is 0.465 e. The van der Waals surface area contributed by atoms with Gasteiger partial charge in [0, 0.05) is 24.7 Å². The van der Waals surface area contributed by atoms with Gasteiger partial charge >= 0.3 is 6.09 Å². The van der Waals surface area contributed by atoms with E-state index in [4.69, 9.17) is 9.47 Å². The summed E-state index contributed by atoms with van der Waals surface area (Å²) in [7, 11) is 0. The number of carbonyl (C=O) groups is 1. The summed E-state index contributed by atoms with van der Waals surface area (Å²) in [6.45, 7) is 6.79. The van der Waals surface area contributed by atoms with Crippen LogP contribution in [0, 0.1) is 10.1 Å². The van der Waals surface area contributed by atoms with Crippen LogP contribution in [-0.2, 0) is 4.74 Å². The van der Waals surface area contributed by atoms with Crippen molar-refractivity contribution >= 4 is 22.8 Å². The summed E-state index contributed by atoms with van der Waals surface area (Å²) in [5, 5.41) is 10.9. The van der Waals surface area contributed by atoms with E-state index in [2.05, 4.69) is 9.97 Å². The van der Waals surface area contributed by atoms with Crippen molar-refractivity contribution < 1.29 is 19.2 Å². The maximum atomic E-state index is 12.5. The molecule has 158 valence electrons. The van der Waals surface area contributed by atoms with E-state index in [1.807, 2.05) is 25.7 Å². The fourth-order valence-corrected chi connectivity index (χ4v) is 3.51. The third-order valence-corrected chi connectivity index (χ3v) is 4.83. The van der Waals surface area contributed by atoms with Crippen LogP contribution in [0.3, 0.4) is 0 Å². The molecule has 1 aromatic heterocycles. The van der Waals surface area contributed by atoms with E-state index >= 15 is 0 Å². The Morgan fingerprint density at radius 2 is 2.17 bits per heavy atom. The molecule has 1 amide bonds. The van der Waals surface area contributed by atoms with Gasteiger partial charge < -0.3 is 19.4 Å². The number of piperidine rings is 1. The Kier molecular flexibility index (Phi) is 6.24. The highest BCUT2D eigenvalue weighted by atomic mass is 16.6. The van der Waals surface area contributed by atoms with Crippen LogP contribution in [0.4, 0.5) is 10.5 Å². The van der Waals surface area contributed by atoms with Gasteiger partial charge in [0.15, 0.2) is 0 Å². The van der Waals surface area contributed by atoms with Crippen molar-refractivity contribution in [3.63, 3.8) is 0 Å². The Morgan fingerprint density at radius 1 is 1.38 bits per heavy atom. The first kappa shape index (κ1) is 20.9. The number of aromatic amines is 1. The van der Waals surface area contributed by atoms with E-state index in [-0.39, 0.29) is 17.8 Å². The minimum atomic E-state index is -0.501. The molecule has 0 radical (unpaired) electrons. The first-order valence-electron chi connectivity index (χ1n) is 9.99. The van der Waals surface area contributed by atoms with Crippen molar-refractivity contribution in [2.75, 3.05) is 13.2 Å². The van der Waals surface area contributed by atoms with Crippen molar-refractivity contribution in [1.29, 1.82) is 0 Å². The van der Waals surface area contributed by atoms with Crippen molar-refractivity contribution in [3.05, 3.63) is 28.3 Å². The molecule has 3 rings (SSSR count). The molecule has 0 bridgehead atoms. The van der Waals surface area contributed by atoms with Crippen LogP contribution in [-0.4, -0.2) is 50.7 Å². The van der Waals surface area contributed by atoms with Gasteiger partial charge in [0.05, 0.1) is 22.6 Å². The van der Waals surface area contributed by atoms with Crippen molar-refractivity contribution in [1.82, 2.24) is 14.9 Å². The number of imidazole rings is 1. The lowest BCUT2D eigenvalue weighted by atomic mass is 9.98. The smallest absolute Gasteiger partial charge is 0.410 e. The van der Waals surface area contributed by atoms with E-state index in [9.17, 15) is 14.9 Å². The monoisotopic (exact) mass is 404 g/mol. The number of nitrogens with one attached hydrogen (secondary N) is 1. The Hall–Kier alpha value is -2.84. The van der Waals surface area contributed by atoms with Crippen LogP contribution < -0.4 is 4.74 Å². The van der Waals surface area contributed by atoms with Gasteiger partial charge in [0.1, 0.15) is 5.60 Å². The molecule has 1 aromatic carbocycles. The van der Waals surface area contributed by atoms with Gasteiger partial charge in [-0.1, -0.05) is 0 Å². The molecule has 2 heterocycles. The number of aromatic nitrogens is 2. The lowest BCUT2D eigenvalue weighted by Crippen LogP contribution is -2.46. The van der Waals surface area contributed by atoms with E-state index in [0.29, 0.717) is 23.7 Å². The fraction of sp³-hybridized carbons (Fsp3) is 0.600. The van der Waals surface area contributed by atoms with Crippen LogP contribution in [0.5, 0.6) is 6.01 Å². The lowest BCUT2D eigenvalue weighted by molar-refractivity contribution is -0.384. The number of likely N-dealkylation sites (tertiary alicyclic amines) is 1.